The van der Waals surface area contributed by atoms with Crippen molar-refractivity contribution in [2.45, 2.75) is 58.9 Å². The number of rotatable bonds is 14. The van der Waals surface area contributed by atoms with E-state index < -0.39 is 0 Å². The van der Waals surface area contributed by atoms with Crippen LogP contribution >= 0.6 is 0 Å². The molecule has 2 amide bonds. The van der Waals surface area contributed by atoms with Crippen molar-refractivity contribution in [1.29, 1.82) is 0 Å². The van der Waals surface area contributed by atoms with Crippen molar-refractivity contribution in [1.82, 2.24) is 10.6 Å². The third-order valence-corrected chi connectivity index (χ3v) is 4.38. The minimum atomic E-state index is -0.0722. The first-order valence-corrected chi connectivity index (χ1v) is 9.69. The maximum atomic E-state index is 11.9. The maximum Gasteiger partial charge on any atom is 0.223 e. The highest BCUT2D eigenvalue weighted by Crippen LogP contribution is 2.27. The maximum absolute atomic E-state index is 11.9. The van der Waals surface area contributed by atoms with Gasteiger partial charge in [0.05, 0.1) is 19.8 Å². The van der Waals surface area contributed by atoms with Gasteiger partial charge >= 0.3 is 0 Å². The summed E-state index contributed by atoms with van der Waals surface area (Å²) in [4.78, 5) is 35.2. The lowest BCUT2D eigenvalue weighted by molar-refractivity contribution is -0.131. The molecule has 0 radical (unpaired) electrons. The quantitative estimate of drug-likeness (QED) is 0.453. The number of ether oxygens (including phenoxy) is 2. The zero-order valence-corrected chi connectivity index (χ0v) is 16.3. The number of amides is 2. The molecule has 0 bridgehead atoms. The van der Waals surface area contributed by atoms with Crippen LogP contribution in [0.4, 0.5) is 0 Å². The van der Waals surface area contributed by atoms with Crippen LogP contribution in [0.2, 0.25) is 0 Å². The molecular weight excluding hydrogens is 336 g/mol. The lowest BCUT2D eigenvalue weighted by Crippen LogP contribution is -2.49. The molecule has 7 nitrogen and oxygen atoms in total. The molecule has 0 aromatic heterocycles. The molecule has 0 aromatic rings. The SMILES string of the molecule is CCCOCCNC(=O)C1CC(NC(=O)CCOCCC(=O)C(C)C)C1.[HH].[HH]. The number of ketones is 1. The third kappa shape index (κ3) is 9.29. The van der Waals surface area contributed by atoms with Gasteiger partial charge < -0.3 is 20.1 Å². The van der Waals surface area contributed by atoms with Crippen molar-refractivity contribution in [3.8, 4) is 0 Å². The van der Waals surface area contributed by atoms with Crippen LogP contribution in [0.15, 0.2) is 0 Å². The van der Waals surface area contributed by atoms with Crippen molar-refractivity contribution in [2.24, 2.45) is 11.8 Å². The van der Waals surface area contributed by atoms with Crippen molar-refractivity contribution < 1.29 is 26.7 Å². The highest BCUT2D eigenvalue weighted by molar-refractivity contribution is 5.81. The fraction of sp³-hybridized carbons (Fsp3) is 0.842. The standard InChI is InChI=1S/C19H34N2O5.2H2/c1-4-8-25-11-7-20-19(24)15-12-16(13-15)21-18(23)6-10-26-9-5-17(22)14(2)3;;/h14-16H,4-13H2,1-3H3,(H,20,24)(H,21,23);2*1H. The predicted octanol–water partition coefficient (Wildman–Crippen LogP) is 1.94. The molecule has 1 saturated carbocycles. The van der Waals surface area contributed by atoms with Crippen molar-refractivity contribution >= 4 is 17.6 Å². The summed E-state index contributed by atoms with van der Waals surface area (Å²) in [6.45, 7) is 8.22. The molecule has 7 heteroatoms. The summed E-state index contributed by atoms with van der Waals surface area (Å²) in [5, 5.41) is 5.77. The fourth-order valence-electron chi connectivity index (χ4n) is 2.62. The van der Waals surface area contributed by atoms with Gasteiger partial charge in [0.1, 0.15) is 5.78 Å². The topological polar surface area (TPSA) is 93.7 Å². The van der Waals surface area contributed by atoms with Crippen LogP contribution in [0, 0.1) is 11.8 Å². The largest absolute Gasteiger partial charge is 0.380 e. The molecule has 0 saturated heterocycles. The molecule has 2 N–H and O–H groups in total. The van der Waals surface area contributed by atoms with E-state index in [1.54, 1.807) is 0 Å². The molecule has 0 atom stereocenters. The summed E-state index contributed by atoms with van der Waals surface area (Å²) in [5.41, 5.74) is 0. The Kier molecular flexibility index (Phi) is 11.1. The highest BCUT2D eigenvalue weighted by Gasteiger charge is 2.34. The van der Waals surface area contributed by atoms with Gasteiger partial charge in [-0.25, -0.2) is 0 Å². The summed E-state index contributed by atoms with van der Waals surface area (Å²) in [5.74, 6) is 0.134. The second-order valence-electron chi connectivity index (χ2n) is 7.07. The average Bonchev–Trinajstić information content (AvgIpc) is 2.56. The molecular formula is C19H38N2O5. The van der Waals surface area contributed by atoms with E-state index >= 15 is 0 Å². The molecule has 154 valence electrons. The highest BCUT2D eigenvalue weighted by atomic mass is 16.5. The Morgan fingerprint density at radius 1 is 1.04 bits per heavy atom. The molecule has 26 heavy (non-hydrogen) atoms. The number of hydrogen-bond donors (Lipinski definition) is 2. The summed E-state index contributed by atoms with van der Waals surface area (Å²) in [7, 11) is 0. The van der Waals surface area contributed by atoms with Crippen LogP contribution < -0.4 is 10.6 Å². The summed E-state index contributed by atoms with van der Waals surface area (Å²) < 4.78 is 10.6. The van der Waals surface area contributed by atoms with Gasteiger partial charge in [0.15, 0.2) is 0 Å². The molecule has 0 aromatic carbocycles. The first-order valence-electron chi connectivity index (χ1n) is 9.69. The number of hydrogen-bond acceptors (Lipinski definition) is 5. The lowest BCUT2D eigenvalue weighted by Gasteiger charge is -2.34. The van der Waals surface area contributed by atoms with E-state index in [1.165, 1.54) is 0 Å². The Hall–Kier alpha value is -1.47. The molecule has 1 aliphatic carbocycles. The Morgan fingerprint density at radius 2 is 1.69 bits per heavy atom. The smallest absolute Gasteiger partial charge is 0.223 e. The van der Waals surface area contributed by atoms with E-state index in [1.807, 2.05) is 20.8 Å². The summed E-state index contributed by atoms with van der Waals surface area (Å²) in [6, 6.07) is 0.0668. The molecule has 0 aliphatic heterocycles. The van der Waals surface area contributed by atoms with Gasteiger partial charge in [-0.05, 0) is 19.3 Å². The first kappa shape index (κ1) is 22.6. The minimum Gasteiger partial charge on any atom is -0.380 e. The van der Waals surface area contributed by atoms with E-state index in [9.17, 15) is 14.4 Å². The molecule has 0 unspecified atom stereocenters. The van der Waals surface area contributed by atoms with Crippen LogP contribution in [0.3, 0.4) is 0 Å². The molecule has 0 spiro atoms. The Balaban J connectivity index is 0. The predicted molar refractivity (Wildman–Crippen MR) is 103 cm³/mol. The lowest BCUT2D eigenvalue weighted by atomic mass is 9.79. The molecule has 0 heterocycles. The summed E-state index contributed by atoms with van der Waals surface area (Å²) in [6.07, 6.45) is 2.99. The van der Waals surface area contributed by atoms with Gasteiger partial charge in [-0.2, -0.15) is 0 Å². The molecule has 1 rings (SSSR count). The second kappa shape index (κ2) is 12.8. The average molecular weight is 375 g/mol. The second-order valence-corrected chi connectivity index (χ2v) is 7.07. The number of carbonyl (C=O) groups excluding carboxylic acids is 3. The van der Waals surface area contributed by atoms with Gasteiger partial charge in [0.25, 0.3) is 0 Å². The molecule has 1 fully saturated rings. The van der Waals surface area contributed by atoms with E-state index in [-0.39, 0.29) is 44.7 Å². The van der Waals surface area contributed by atoms with E-state index in [4.69, 9.17) is 9.47 Å². The van der Waals surface area contributed by atoms with Crippen molar-refractivity contribution in [2.75, 3.05) is 33.0 Å². The monoisotopic (exact) mass is 374 g/mol. The van der Waals surface area contributed by atoms with Gasteiger partial charge in [-0.15, -0.1) is 0 Å². The Labute approximate surface area is 159 Å². The van der Waals surface area contributed by atoms with Gasteiger partial charge in [-0.1, -0.05) is 20.8 Å². The zero-order chi connectivity index (χ0) is 19.4. The van der Waals surface area contributed by atoms with E-state index in [2.05, 4.69) is 10.6 Å². The first-order chi connectivity index (χ1) is 12.4. The third-order valence-electron chi connectivity index (χ3n) is 4.38. The van der Waals surface area contributed by atoms with Crippen LogP contribution in [-0.2, 0) is 23.9 Å². The molecule has 1 aliphatic rings. The van der Waals surface area contributed by atoms with Crippen LogP contribution in [0.5, 0.6) is 0 Å². The summed E-state index contributed by atoms with van der Waals surface area (Å²) >= 11 is 0. The van der Waals surface area contributed by atoms with Crippen molar-refractivity contribution in [3.63, 3.8) is 0 Å². The van der Waals surface area contributed by atoms with E-state index in [0.29, 0.717) is 52.2 Å². The Bertz CT molecular complexity index is 458. The van der Waals surface area contributed by atoms with Crippen LogP contribution in [0.1, 0.15) is 55.7 Å². The minimum absolute atomic E-state index is 0. The Morgan fingerprint density at radius 3 is 2.35 bits per heavy atom. The van der Waals surface area contributed by atoms with E-state index in [0.717, 1.165) is 6.42 Å². The van der Waals surface area contributed by atoms with Gasteiger partial charge in [-0.3, -0.25) is 14.4 Å². The van der Waals surface area contributed by atoms with Crippen LogP contribution in [0.25, 0.3) is 0 Å². The number of Topliss-reactive ketones (excluding diaryl/α,β-unsaturated/α-hetero) is 1. The normalized spacial score (nSPS) is 19.1. The zero-order valence-electron chi connectivity index (χ0n) is 16.3. The van der Waals surface area contributed by atoms with Gasteiger partial charge in [0, 0.05) is 46.7 Å². The fourth-order valence-corrected chi connectivity index (χ4v) is 2.62. The van der Waals surface area contributed by atoms with Gasteiger partial charge in [0.2, 0.25) is 11.8 Å². The van der Waals surface area contributed by atoms with Crippen LogP contribution in [-0.4, -0.2) is 56.6 Å². The van der Waals surface area contributed by atoms with Crippen molar-refractivity contribution in [3.05, 3.63) is 0 Å². The number of nitrogens with one attached hydrogen (secondary N) is 2. The number of carbonyl (C=O) groups is 3.